The number of aliphatic imine (C=N–C) groups is 1. The third-order valence-corrected chi connectivity index (χ3v) is 4.30. The Hall–Kier alpha value is -3.40. The van der Waals surface area contributed by atoms with Crippen molar-refractivity contribution in [3.63, 3.8) is 0 Å². The minimum Gasteiger partial charge on any atom is -0.370 e. The molecule has 0 fully saturated rings. The predicted molar refractivity (Wildman–Crippen MR) is 95.3 cm³/mol. The normalized spacial score (nSPS) is 10.7. The van der Waals surface area contributed by atoms with Crippen molar-refractivity contribution in [1.29, 1.82) is 0 Å². The van der Waals surface area contributed by atoms with Crippen molar-refractivity contribution >= 4 is 39.3 Å². The first kappa shape index (κ1) is 18.9. The van der Waals surface area contributed by atoms with Crippen LogP contribution in [0.4, 0.5) is 11.4 Å². The number of carbonyl (C=O) groups is 2. The lowest BCUT2D eigenvalue weighted by Gasteiger charge is -2.07. The monoisotopic (exact) mass is 376 g/mol. The largest absolute Gasteiger partial charge is 0.370 e. The lowest BCUT2D eigenvalue weighted by atomic mass is 10.2. The van der Waals surface area contributed by atoms with Crippen molar-refractivity contribution in [2.45, 2.75) is 11.8 Å². The minimum atomic E-state index is -4.17. The van der Waals surface area contributed by atoms with Gasteiger partial charge in [0.05, 0.1) is 5.69 Å². The molecule has 1 amide bonds. The van der Waals surface area contributed by atoms with Gasteiger partial charge in [0.25, 0.3) is 5.91 Å². The maximum atomic E-state index is 12.3. The van der Waals surface area contributed by atoms with Crippen molar-refractivity contribution in [3.8, 4) is 0 Å². The molecule has 0 aliphatic carbocycles. The van der Waals surface area contributed by atoms with Crippen LogP contribution in [-0.4, -0.2) is 26.3 Å². The zero-order valence-corrected chi connectivity index (χ0v) is 14.5. The van der Waals surface area contributed by atoms with E-state index in [1.54, 1.807) is 18.2 Å². The molecule has 0 saturated heterocycles. The van der Waals surface area contributed by atoms with Crippen molar-refractivity contribution in [2.75, 3.05) is 5.32 Å². The fraction of sp³-hybridized carbons (Fsp3) is 0.0625. The third kappa shape index (κ3) is 5.05. The average Bonchev–Trinajstić information content (AvgIpc) is 2.54. The molecule has 0 aliphatic rings. The van der Waals surface area contributed by atoms with Gasteiger partial charge >= 0.3 is 16.1 Å². The van der Waals surface area contributed by atoms with E-state index in [1.165, 1.54) is 30.3 Å². The summed E-state index contributed by atoms with van der Waals surface area (Å²) in [4.78, 5) is 26.7. The predicted octanol–water partition coefficient (Wildman–Crippen LogP) is 1.10. The number of nitrogens with two attached hydrogens (primary N) is 2. The molecule has 2 aromatic carbocycles. The molecule has 26 heavy (non-hydrogen) atoms. The first-order valence-corrected chi connectivity index (χ1v) is 8.64. The molecular formula is C16H16N4O5S. The van der Waals surface area contributed by atoms with Gasteiger partial charge in [-0.2, -0.15) is 8.42 Å². The van der Waals surface area contributed by atoms with E-state index in [4.69, 9.17) is 11.5 Å². The molecule has 0 unspecified atom stereocenters. The lowest BCUT2D eigenvalue weighted by molar-refractivity contribution is -0.131. The number of amides is 1. The Labute approximate surface area is 149 Å². The van der Waals surface area contributed by atoms with Gasteiger partial charge < -0.3 is 21.0 Å². The molecule has 0 saturated carbocycles. The summed E-state index contributed by atoms with van der Waals surface area (Å²) >= 11 is 0. The van der Waals surface area contributed by atoms with Crippen molar-refractivity contribution in [2.24, 2.45) is 16.5 Å². The Balaban J connectivity index is 2.15. The van der Waals surface area contributed by atoms with Crippen LogP contribution in [0.3, 0.4) is 0 Å². The lowest BCUT2D eigenvalue weighted by Crippen LogP contribution is -2.21. The van der Waals surface area contributed by atoms with Gasteiger partial charge in [0.2, 0.25) is 0 Å². The van der Waals surface area contributed by atoms with Gasteiger partial charge in [-0.1, -0.05) is 6.07 Å². The molecule has 10 heteroatoms. The summed E-state index contributed by atoms with van der Waals surface area (Å²) in [5.41, 5.74) is 11.7. The Morgan fingerprint density at radius 1 is 1.08 bits per heavy atom. The van der Waals surface area contributed by atoms with E-state index in [1.807, 2.05) is 0 Å². The van der Waals surface area contributed by atoms with E-state index in [0.717, 1.165) is 6.92 Å². The summed E-state index contributed by atoms with van der Waals surface area (Å²) in [5.74, 6) is -1.51. The number of anilines is 1. The van der Waals surface area contributed by atoms with Gasteiger partial charge in [0.15, 0.2) is 5.96 Å². The summed E-state index contributed by atoms with van der Waals surface area (Å²) in [6, 6.07) is 11.5. The molecule has 0 radical (unpaired) electrons. The molecule has 0 spiro atoms. The number of carbonyl (C=O) groups excluding carboxylic acids is 2. The van der Waals surface area contributed by atoms with E-state index in [9.17, 15) is 18.0 Å². The zero-order valence-electron chi connectivity index (χ0n) is 13.7. The molecule has 0 aromatic heterocycles. The molecule has 136 valence electrons. The van der Waals surface area contributed by atoms with Crippen LogP contribution in [0, 0.1) is 0 Å². The van der Waals surface area contributed by atoms with E-state index in [0.29, 0.717) is 16.9 Å². The molecule has 2 rings (SSSR count). The smallest absolute Gasteiger partial charge is 0.341 e. The highest BCUT2D eigenvalue weighted by molar-refractivity contribution is 7.87. The van der Waals surface area contributed by atoms with Crippen LogP contribution in [0.15, 0.2) is 58.4 Å². The molecule has 5 N–H and O–H groups in total. The van der Waals surface area contributed by atoms with E-state index in [-0.39, 0.29) is 10.9 Å². The van der Waals surface area contributed by atoms with Crippen molar-refractivity contribution in [1.82, 2.24) is 0 Å². The average molecular weight is 376 g/mol. The molecule has 0 aliphatic heterocycles. The minimum absolute atomic E-state index is 0.132. The van der Waals surface area contributed by atoms with Crippen LogP contribution < -0.4 is 16.8 Å². The van der Waals surface area contributed by atoms with Crippen molar-refractivity contribution < 1.29 is 22.2 Å². The number of hydrogen-bond donors (Lipinski definition) is 3. The number of nitrogens with one attached hydrogen (secondary N) is 1. The highest BCUT2D eigenvalue weighted by Crippen LogP contribution is 2.18. The Kier molecular flexibility index (Phi) is 5.58. The first-order chi connectivity index (χ1) is 12.2. The van der Waals surface area contributed by atoms with Crippen LogP contribution in [-0.2, 0) is 19.1 Å². The second-order valence-electron chi connectivity index (χ2n) is 5.09. The van der Waals surface area contributed by atoms with Crippen LogP contribution in [0.25, 0.3) is 0 Å². The maximum Gasteiger partial charge on any atom is 0.341 e. The van der Waals surface area contributed by atoms with E-state index < -0.39 is 22.0 Å². The maximum absolute atomic E-state index is 12.3. The number of hydrogen-bond acceptors (Lipinski definition) is 6. The summed E-state index contributed by atoms with van der Waals surface area (Å²) in [5, 5.41) is 2.61. The van der Waals surface area contributed by atoms with Gasteiger partial charge in [-0.3, -0.25) is 9.59 Å². The van der Waals surface area contributed by atoms with Gasteiger partial charge in [0.1, 0.15) is 4.90 Å². The fourth-order valence-corrected chi connectivity index (χ4v) is 2.85. The van der Waals surface area contributed by atoms with Gasteiger partial charge in [-0.05, 0) is 42.5 Å². The second kappa shape index (κ2) is 7.66. The summed E-state index contributed by atoms with van der Waals surface area (Å²) in [6.07, 6.45) is 0. The highest BCUT2D eigenvalue weighted by Gasteiger charge is 2.18. The molecule has 0 heterocycles. The SMILES string of the molecule is CC(=O)OS(=O)(=O)c1ccc(NC(=O)c2cccc(N=C(N)N)c2)cc1. The highest BCUT2D eigenvalue weighted by atomic mass is 32.2. The molecule has 2 aromatic rings. The first-order valence-electron chi connectivity index (χ1n) is 7.23. The number of benzene rings is 2. The topological polar surface area (TPSA) is 154 Å². The van der Waals surface area contributed by atoms with E-state index in [2.05, 4.69) is 14.5 Å². The molecule has 0 atom stereocenters. The van der Waals surface area contributed by atoms with Gasteiger partial charge in [-0.15, -0.1) is 0 Å². The van der Waals surface area contributed by atoms with Crippen LogP contribution in [0.2, 0.25) is 0 Å². The Morgan fingerprint density at radius 3 is 2.31 bits per heavy atom. The summed E-state index contributed by atoms with van der Waals surface area (Å²) < 4.78 is 27.8. The summed E-state index contributed by atoms with van der Waals surface area (Å²) in [6.45, 7) is 0.989. The third-order valence-electron chi connectivity index (χ3n) is 2.99. The molecular weight excluding hydrogens is 360 g/mol. The molecule has 0 bridgehead atoms. The zero-order chi connectivity index (χ0) is 19.3. The quantitative estimate of drug-likeness (QED) is 0.401. The van der Waals surface area contributed by atoms with Crippen LogP contribution in [0.1, 0.15) is 17.3 Å². The number of nitrogens with zero attached hydrogens (tertiary/aromatic N) is 1. The van der Waals surface area contributed by atoms with E-state index >= 15 is 0 Å². The molecule has 9 nitrogen and oxygen atoms in total. The Morgan fingerprint density at radius 2 is 1.73 bits per heavy atom. The summed E-state index contributed by atoms with van der Waals surface area (Å²) in [7, 11) is -4.17. The Bertz CT molecular complexity index is 964. The van der Waals surface area contributed by atoms with Crippen molar-refractivity contribution in [3.05, 3.63) is 54.1 Å². The van der Waals surface area contributed by atoms with Gasteiger partial charge in [0, 0.05) is 18.2 Å². The van der Waals surface area contributed by atoms with Crippen LogP contribution >= 0.6 is 0 Å². The second-order valence-corrected chi connectivity index (χ2v) is 6.64. The number of rotatable bonds is 5. The fourth-order valence-electron chi connectivity index (χ4n) is 1.98. The number of guanidine groups is 1. The standard InChI is InChI=1S/C16H16N4O5S/c1-10(21)25-26(23,24)14-7-5-12(6-8-14)19-15(22)11-3-2-4-13(9-11)20-16(17)18/h2-9H,1H3,(H,19,22)(H4,17,18,20). The van der Waals surface area contributed by atoms with Crippen LogP contribution in [0.5, 0.6) is 0 Å². The van der Waals surface area contributed by atoms with Gasteiger partial charge in [-0.25, -0.2) is 4.99 Å².